The summed E-state index contributed by atoms with van der Waals surface area (Å²) in [5.41, 5.74) is 0. The number of ether oxygens (including phenoxy) is 12. The van der Waals surface area contributed by atoms with Crippen LogP contribution in [-0.2, 0) is 66.4 Å². The number of nitrogens with zero attached hydrogens (tertiary/aromatic N) is 1. The Labute approximate surface area is 471 Å². The van der Waals surface area contributed by atoms with Gasteiger partial charge in [-0.25, -0.2) is 0 Å². The first kappa shape index (κ1) is 78.8. The lowest BCUT2D eigenvalue weighted by molar-refractivity contribution is -0.138. The molecule has 0 aromatic carbocycles. The summed E-state index contributed by atoms with van der Waals surface area (Å²) in [6.07, 6.45) is -24.0. The SMILES string of the molecule is O=C(O)CCOCCOCCOCCOCCOCCOCCOCCOCCOCCOCCOCCOCCNC(=O)C(CN(C[C@@H](O)[C@H](O)[C@@H](O)[C@@H](O)CO)C[C@@H](O)[C@H](O)[C@@H](O)[C@@H](O)CO)NC[C@H](O)[C@@H](O)[C@H](O)[C@H](O)CO. The van der Waals surface area contributed by atoms with Crippen LogP contribution in [0, 0.1) is 0 Å². The van der Waals surface area contributed by atoms with E-state index in [0.29, 0.717) is 119 Å². The maximum absolute atomic E-state index is 13.5. The molecule has 0 aliphatic heterocycles. The summed E-state index contributed by atoms with van der Waals surface area (Å²) < 4.78 is 65.1. The van der Waals surface area contributed by atoms with Crippen LogP contribution < -0.4 is 10.6 Å². The van der Waals surface area contributed by atoms with Crippen molar-refractivity contribution < 1.29 is 148 Å². The molecule has 0 radical (unpaired) electrons. The van der Waals surface area contributed by atoms with Crippen molar-refractivity contribution in [3.8, 4) is 0 Å². The highest BCUT2D eigenvalue weighted by atomic mass is 16.6. The van der Waals surface area contributed by atoms with Crippen LogP contribution in [0.4, 0.5) is 0 Å². The highest BCUT2D eigenvalue weighted by Gasteiger charge is 2.36. The van der Waals surface area contributed by atoms with Gasteiger partial charge in [-0.1, -0.05) is 0 Å². The van der Waals surface area contributed by atoms with Crippen LogP contribution in [0.3, 0.4) is 0 Å². The van der Waals surface area contributed by atoms with Crippen molar-refractivity contribution in [2.75, 3.05) is 211 Å². The molecule has 33 heteroatoms. The normalized spacial score (nSPS) is 17.0. The van der Waals surface area contributed by atoms with E-state index in [0.717, 1.165) is 4.90 Å². The second-order valence-corrected chi connectivity index (χ2v) is 17.9. The number of hydrogen-bond donors (Lipinski definition) is 18. The van der Waals surface area contributed by atoms with Gasteiger partial charge in [0.05, 0.1) is 209 Å². The van der Waals surface area contributed by atoms with Gasteiger partial charge in [-0.3, -0.25) is 14.5 Å². The van der Waals surface area contributed by atoms with Gasteiger partial charge in [0, 0.05) is 32.7 Å². The van der Waals surface area contributed by atoms with Gasteiger partial charge in [0.25, 0.3) is 0 Å². The first-order chi connectivity index (χ1) is 38.9. The van der Waals surface area contributed by atoms with E-state index in [1.165, 1.54) is 0 Å². The van der Waals surface area contributed by atoms with Gasteiger partial charge in [-0.2, -0.15) is 0 Å². The summed E-state index contributed by atoms with van der Waals surface area (Å²) in [6.45, 7) is 2.09. The van der Waals surface area contributed by atoms with Gasteiger partial charge in [-0.15, -0.1) is 0 Å². The number of hydrogen-bond acceptors (Lipinski definition) is 31. The Bertz CT molecular complexity index is 1400. The maximum atomic E-state index is 13.5. The summed E-state index contributed by atoms with van der Waals surface area (Å²) in [7, 11) is 0. The molecule has 1 unspecified atom stereocenters. The molecule has 33 nitrogen and oxygen atoms in total. The quantitative estimate of drug-likeness (QED) is 0.0251. The van der Waals surface area contributed by atoms with E-state index in [1.807, 2.05) is 0 Å². The minimum absolute atomic E-state index is 0.0342. The van der Waals surface area contributed by atoms with E-state index in [-0.39, 0.29) is 52.6 Å². The molecule has 1 amide bonds. The molecule has 13 atom stereocenters. The number of nitrogens with one attached hydrogen (secondary N) is 2. The molecule has 0 rings (SSSR count). The summed E-state index contributed by atoms with van der Waals surface area (Å²) in [6, 6.07) is -1.48. The molecule has 0 aliphatic rings. The van der Waals surface area contributed by atoms with Crippen molar-refractivity contribution in [3.05, 3.63) is 0 Å². The minimum Gasteiger partial charge on any atom is -0.481 e. The van der Waals surface area contributed by atoms with Crippen LogP contribution in [0.5, 0.6) is 0 Å². The zero-order valence-corrected chi connectivity index (χ0v) is 46.2. The molecule has 0 saturated heterocycles. The molecule has 18 N–H and O–H groups in total. The number of aliphatic hydroxyl groups excluding tert-OH is 15. The summed E-state index contributed by atoms with van der Waals surface area (Å²) in [4.78, 5) is 24.9. The Balaban J connectivity index is 4.40. The predicted molar refractivity (Wildman–Crippen MR) is 277 cm³/mol. The lowest BCUT2D eigenvalue weighted by Gasteiger charge is -2.35. The molecule has 0 bridgehead atoms. The Hall–Kier alpha value is -2.22. The largest absolute Gasteiger partial charge is 0.481 e. The van der Waals surface area contributed by atoms with Crippen molar-refractivity contribution in [1.82, 2.24) is 15.5 Å². The first-order valence-electron chi connectivity index (χ1n) is 26.8. The van der Waals surface area contributed by atoms with Crippen molar-refractivity contribution in [3.63, 3.8) is 0 Å². The molecule has 484 valence electrons. The number of carbonyl (C=O) groups is 2. The van der Waals surface area contributed by atoms with Crippen molar-refractivity contribution >= 4 is 11.9 Å². The lowest BCUT2D eigenvalue weighted by atomic mass is 10.0. The summed E-state index contributed by atoms with van der Waals surface area (Å²) >= 11 is 0. The van der Waals surface area contributed by atoms with E-state index in [4.69, 9.17) is 67.1 Å². The monoisotopic (exact) mass is 1200 g/mol. The van der Waals surface area contributed by atoms with Crippen LogP contribution in [0.15, 0.2) is 0 Å². The van der Waals surface area contributed by atoms with Gasteiger partial charge in [0.1, 0.15) is 54.9 Å². The summed E-state index contributed by atoms with van der Waals surface area (Å²) in [5, 5.41) is 164. The highest BCUT2D eigenvalue weighted by molar-refractivity contribution is 5.82. The second-order valence-electron chi connectivity index (χ2n) is 17.9. The lowest BCUT2D eigenvalue weighted by Crippen LogP contribution is -2.58. The number of carboxylic acid groups (broad SMARTS) is 1. The smallest absolute Gasteiger partial charge is 0.305 e. The number of rotatable bonds is 61. The second kappa shape index (κ2) is 53.3. The number of aliphatic hydroxyl groups is 15. The Morgan fingerprint density at radius 3 is 0.852 bits per heavy atom. The van der Waals surface area contributed by atoms with Gasteiger partial charge in [-0.05, 0) is 0 Å². The maximum Gasteiger partial charge on any atom is 0.305 e. The van der Waals surface area contributed by atoms with E-state index < -0.39 is 137 Å². The minimum atomic E-state index is -2.13. The van der Waals surface area contributed by atoms with Crippen molar-refractivity contribution in [1.29, 1.82) is 0 Å². The molecule has 0 aromatic heterocycles. The number of carboxylic acids is 1. The van der Waals surface area contributed by atoms with Crippen molar-refractivity contribution in [2.24, 2.45) is 0 Å². The molecule has 0 aromatic rings. The third kappa shape index (κ3) is 42.3. The van der Waals surface area contributed by atoms with Crippen LogP contribution >= 0.6 is 0 Å². The zero-order chi connectivity index (χ0) is 60.5. The van der Waals surface area contributed by atoms with Crippen LogP contribution in [0.2, 0.25) is 0 Å². The molecule has 0 heterocycles. The van der Waals surface area contributed by atoms with Crippen LogP contribution in [0.25, 0.3) is 0 Å². The average Bonchev–Trinajstić information content (AvgIpc) is 3.46. The molecule has 0 fully saturated rings. The number of amides is 1. The van der Waals surface area contributed by atoms with Crippen LogP contribution in [0.1, 0.15) is 6.42 Å². The van der Waals surface area contributed by atoms with E-state index in [9.17, 15) is 81.1 Å². The standard InChI is InChI=1S/C48H97N3O30/c52-31-38(58)45(66)42(63)35(55)27-50-34(28-51(29-36(56)43(64)46(67)39(59)32-53)30-37(57)44(65)47(68)40(60)33-54)48(69)49-2-4-71-6-8-73-10-12-75-14-16-77-18-20-79-22-24-81-26-25-80-23-21-78-19-17-76-15-13-74-11-9-72-7-5-70-3-1-41(61)62/h34-40,42-47,50,52-60,63-68H,1-33H2,(H,49,69)(H,61,62)/t34?,35-,36+,37+,38+,39-,40-,42+,43-,44-,45+,46-,47-/m0/s1. The fourth-order valence-corrected chi connectivity index (χ4v) is 6.59. The molecular formula is C48H97N3O30. The number of aliphatic carboxylic acids is 1. The van der Waals surface area contributed by atoms with Gasteiger partial charge < -0.3 is 149 Å². The van der Waals surface area contributed by atoms with Crippen LogP contribution in [-0.4, -0.2) is 389 Å². The van der Waals surface area contributed by atoms with Gasteiger partial charge in [0.2, 0.25) is 5.91 Å². The zero-order valence-electron chi connectivity index (χ0n) is 46.2. The Kier molecular flexibility index (Phi) is 51.8. The fourth-order valence-electron chi connectivity index (χ4n) is 6.59. The van der Waals surface area contributed by atoms with E-state index in [2.05, 4.69) is 10.6 Å². The van der Waals surface area contributed by atoms with Crippen molar-refractivity contribution in [2.45, 2.75) is 85.7 Å². The van der Waals surface area contributed by atoms with Gasteiger partial charge in [0.15, 0.2) is 0 Å². The Morgan fingerprint density at radius 1 is 0.333 bits per heavy atom. The third-order valence-corrected chi connectivity index (χ3v) is 11.3. The van der Waals surface area contributed by atoms with E-state index >= 15 is 0 Å². The topological polar surface area (TPSA) is 496 Å². The molecule has 0 spiro atoms. The van der Waals surface area contributed by atoms with Gasteiger partial charge >= 0.3 is 5.97 Å². The fraction of sp³-hybridized carbons (Fsp3) is 0.958. The number of carbonyl (C=O) groups excluding carboxylic acids is 1. The molecule has 81 heavy (non-hydrogen) atoms. The predicted octanol–water partition coefficient (Wildman–Crippen LogP) is -10.7. The average molecular weight is 1200 g/mol. The Morgan fingerprint density at radius 2 is 0.580 bits per heavy atom. The highest BCUT2D eigenvalue weighted by Crippen LogP contribution is 2.12. The third-order valence-electron chi connectivity index (χ3n) is 11.3. The molecule has 0 aliphatic carbocycles. The molecular weight excluding hydrogens is 1100 g/mol. The summed E-state index contributed by atoms with van der Waals surface area (Å²) in [5.74, 6) is -1.73. The van der Waals surface area contributed by atoms with E-state index in [1.54, 1.807) is 0 Å². The first-order valence-corrected chi connectivity index (χ1v) is 26.8. The molecule has 0 saturated carbocycles.